The van der Waals surface area contributed by atoms with Gasteiger partial charge in [-0.2, -0.15) is 13.7 Å². The Morgan fingerprint density at radius 3 is 2.36 bits per heavy atom. The van der Waals surface area contributed by atoms with E-state index in [9.17, 15) is 18.5 Å². The number of carbonyl (C=O) groups is 1. The van der Waals surface area contributed by atoms with Crippen LogP contribution in [-0.4, -0.2) is 21.4 Å². The summed E-state index contributed by atoms with van der Waals surface area (Å²) in [6.07, 6.45) is 1.39. The van der Waals surface area contributed by atoms with Crippen LogP contribution in [0.25, 0.3) is 6.08 Å². The second kappa shape index (κ2) is 10.0. The van der Waals surface area contributed by atoms with Crippen molar-refractivity contribution in [3.8, 4) is 17.6 Å². The topological polar surface area (TPSA) is 105 Å². The number of methoxy groups -OCH3 is 1. The van der Waals surface area contributed by atoms with Crippen LogP contribution in [0.2, 0.25) is 0 Å². The second-order valence-corrected chi connectivity index (χ2v) is 8.75. The molecule has 0 radical (unpaired) electrons. The average Bonchev–Trinajstić information content (AvgIpc) is 2.80. The van der Waals surface area contributed by atoms with Crippen molar-refractivity contribution < 1.29 is 22.1 Å². The van der Waals surface area contributed by atoms with Crippen LogP contribution in [0.1, 0.15) is 16.7 Å². The molecule has 0 bridgehead atoms. The Balaban J connectivity index is 1.85. The third-order valence-corrected chi connectivity index (χ3v) is 5.97. The van der Waals surface area contributed by atoms with Gasteiger partial charge >= 0.3 is 10.1 Å². The van der Waals surface area contributed by atoms with Crippen molar-refractivity contribution in [1.82, 2.24) is 0 Å². The highest BCUT2D eigenvalue weighted by Gasteiger charge is 2.19. The van der Waals surface area contributed by atoms with E-state index in [-0.39, 0.29) is 22.0 Å². The summed E-state index contributed by atoms with van der Waals surface area (Å²) >= 11 is 0. The molecule has 0 unspecified atom stereocenters. The van der Waals surface area contributed by atoms with E-state index < -0.39 is 16.0 Å². The number of carbonyl (C=O) groups excluding carboxylic acids is 1. The molecule has 3 rings (SSSR count). The Morgan fingerprint density at radius 2 is 1.73 bits per heavy atom. The standard InChI is InChI=1S/C25H22N2O5S/c1-17-9-11-22(18(2)13-17)27-25(28)20(16-26)14-19-10-12-23(24(15-19)31-3)32-33(29,30)21-7-5-4-6-8-21/h4-15H,1-3H3,(H,27,28)/b20-14+. The molecule has 3 aromatic carbocycles. The SMILES string of the molecule is COc1cc(/C=C(\C#N)C(=O)Nc2ccc(C)cc2C)ccc1OS(=O)(=O)c1ccccc1. The minimum absolute atomic E-state index is 0.00543. The van der Waals surface area contributed by atoms with Gasteiger partial charge in [0.2, 0.25) is 0 Å². The minimum atomic E-state index is -4.05. The normalized spacial score (nSPS) is 11.4. The monoisotopic (exact) mass is 462 g/mol. The van der Waals surface area contributed by atoms with E-state index in [1.54, 1.807) is 24.3 Å². The number of rotatable bonds is 7. The molecule has 7 nitrogen and oxygen atoms in total. The first-order valence-corrected chi connectivity index (χ1v) is 11.3. The van der Waals surface area contributed by atoms with Gasteiger partial charge in [-0.25, -0.2) is 0 Å². The van der Waals surface area contributed by atoms with Crippen molar-refractivity contribution in [2.45, 2.75) is 18.7 Å². The molecule has 0 aliphatic heterocycles. The van der Waals surface area contributed by atoms with Crippen molar-refractivity contribution in [3.05, 3.63) is 89.0 Å². The van der Waals surface area contributed by atoms with Gasteiger partial charge in [0, 0.05) is 5.69 Å². The largest absolute Gasteiger partial charge is 0.493 e. The van der Waals surface area contributed by atoms with Gasteiger partial charge < -0.3 is 14.2 Å². The van der Waals surface area contributed by atoms with E-state index in [1.165, 1.54) is 43.5 Å². The lowest BCUT2D eigenvalue weighted by atomic mass is 10.1. The average molecular weight is 463 g/mol. The smallest absolute Gasteiger partial charge is 0.339 e. The Hall–Kier alpha value is -4.09. The van der Waals surface area contributed by atoms with Gasteiger partial charge in [-0.15, -0.1) is 0 Å². The Bertz CT molecular complexity index is 1360. The van der Waals surface area contributed by atoms with Crippen LogP contribution in [0.3, 0.4) is 0 Å². The number of aryl methyl sites for hydroxylation is 2. The van der Waals surface area contributed by atoms with Crippen LogP contribution >= 0.6 is 0 Å². The fourth-order valence-electron chi connectivity index (χ4n) is 3.06. The van der Waals surface area contributed by atoms with Crippen LogP contribution in [-0.2, 0) is 14.9 Å². The van der Waals surface area contributed by atoms with Crippen molar-refractivity contribution in [1.29, 1.82) is 5.26 Å². The molecule has 168 valence electrons. The Morgan fingerprint density at radius 1 is 1.00 bits per heavy atom. The van der Waals surface area contributed by atoms with Gasteiger partial charge in [0.1, 0.15) is 16.5 Å². The van der Waals surface area contributed by atoms with Crippen molar-refractivity contribution >= 4 is 27.8 Å². The van der Waals surface area contributed by atoms with E-state index in [0.717, 1.165) is 11.1 Å². The molecular formula is C25H22N2O5S. The maximum atomic E-state index is 12.6. The first kappa shape index (κ1) is 23.6. The number of hydrogen-bond donors (Lipinski definition) is 1. The molecule has 0 atom stereocenters. The van der Waals surface area contributed by atoms with Crippen LogP contribution in [0.4, 0.5) is 5.69 Å². The van der Waals surface area contributed by atoms with Crippen LogP contribution in [0.5, 0.6) is 11.5 Å². The number of nitrogens with one attached hydrogen (secondary N) is 1. The number of nitriles is 1. The lowest BCUT2D eigenvalue weighted by Gasteiger charge is -2.12. The number of nitrogens with zero attached hydrogens (tertiary/aromatic N) is 1. The number of hydrogen-bond acceptors (Lipinski definition) is 6. The van der Waals surface area contributed by atoms with Gasteiger partial charge in [-0.05, 0) is 61.4 Å². The van der Waals surface area contributed by atoms with Crippen LogP contribution in [0.15, 0.2) is 77.2 Å². The van der Waals surface area contributed by atoms with Crippen molar-refractivity contribution in [2.75, 3.05) is 12.4 Å². The Labute approximate surface area is 193 Å². The molecule has 0 aliphatic rings. The summed E-state index contributed by atoms with van der Waals surface area (Å²) in [7, 11) is -2.69. The molecule has 33 heavy (non-hydrogen) atoms. The minimum Gasteiger partial charge on any atom is -0.493 e. The molecule has 0 saturated heterocycles. The summed E-state index contributed by atoms with van der Waals surface area (Å²) in [5.41, 5.74) is 2.89. The molecule has 1 amide bonds. The molecule has 3 aromatic rings. The summed E-state index contributed by atoms with van der Waals surface area (Å²) in [4.78, 5) is 12.6. The fourth-order valence-corrected chi connectivity index (χ4v) is 4.02. The predicted molar refractivity (Wildman–Crippen MR) is 125 cm³/mol. The third-order valence-electron chi connectivity index (χ3n) is 4.73. The molecule has 0 spiro atoms. The number of amides is 1. The van der Waals surface area contributed by atoms with Gasteiger partial charge in [-0.1, -0.05) is 42.0 Å². The zero-order chi connectivity index (χ0) is 24.0. The summed E-state index contributed by atoms with van der Waals surface area (Å²) < 4.78 is 35.5. The molecule has 0 aromatic heterocycles. The molecular weight excluding hydrogens is 440 g/mol. The summed E-state index contributed by atoms with van der Waals surface area (Å²) in [6.45, 7) is 3.82. The zero-order valence-electron chi connectivity index (χ0n) is 18.3. The third kappa shape index (κ3) is 5.79. The maximum Gasteiger partial charge on any atom is 0.339 e. The predicted octanol–water partition coefficient (Wildman–Crippen LogP) is 4.63. The summed E-state index contributed by atoms with van der Waals surface area (Å²) in [5.74, 6) is -0.442. The van der Waals surface area contributed by atoms with Gasteiger partial charge in [-0.3, -0.25) is 4.79 Å². The highest BCUT2D eigenvalue weighted by atomic mass is 32.2. The van der Waals surface area contributed by atoms with E-state index in [2.05, 4.69) is 5.32 Å². The van der Waals surface area contributed by atoms with E-state index in [4.69, 9.17) is 8.92 Å². The van der Waals surface area contributed by atoms with Gasteiger partial charge in [0.05, 0.1) is 7.11 Å². The fraction of sp³-hybridized carbons (Fsp3) is 0.120. The number of benzene rings is 3. The van der Waals surface area contributed by atoms with Crippen LogP contribution in [0, 0.1) is 25.2 Å². The van der Waals surface area contributed by atoms with Crippen LogP contribution < -0.4 is 14.2 Å². The lowest BCUT2D eigenvalue weighted by molar-refractivity contribution is -0.112. The quantitative estimate of drug-likeness (QED) is 0.312. The zero-order valence-corrected chi connectivity index (χ0v) is 19.1. The van der Waals surface area contributed by atoms with Crippen molar-refractivity contribution in [3.63, 3.8) is 0 Å². The Kier molecular flexibility index (Phi) is 7.16. The summed E-state index contributed by atoms with van der Waals surface area (Å²) in [5, 5.41) is 12.2. The first-order chi connectivity index (χ1) is 15.7. The van der Waals surface area contributed by atoms with Gasteiger partial charge in [0.25, 0.3) is 5.91 Å². The highest BCUT2D eigenvalue weighted by molar-refractivity contribution is 7.87. The molecule has 0 heterocycles. The number of anilines is 1. The van der Waals surface area contributed by atoms with E-state index in [0.29, 0.717) is 11.3 Å². The second-order valence-electron chi connectivity index (χ2n) is 7.20. The number of ether oxygens (including phenoxy) is 1. The maximum absolute atomic E-state index is 12.6. The van der Waals surface area contributed by atoms with Gasteiger partial charge in [0.15, 0.2) is 11.5 Å². The lowest BCUT2D eigenvalue weighted by Crippen LogP contribution is -2.14. The van der Waals surface area contributed by atoms with Crippen molar-refractivity contribution in [2.24, 2.45) is 0 Å². The molecule has 0 aliphatic carbocycles. The molecule has 0 fully saturated rings. The summed E-state index contributed by atoms with van der Waals surface area (Å²) in [6, 6.07) is 19.6. The molecule has 8 heteroatoms. The van der Waals surface area contributed by atoms with E-state index >= 15 is 0 Å². The van der Waals surface area contributed by atoms with E-state index in [1.807, 2.05) is 32.0 Å². The highest BCUT2D eigenvalue weighted by Crippen LogP contribution is 2.31. The first-order valence-electron chi connectivity index (χ1n) is 9.91. The molecule has 0 saturated carbocycles. The molecule has 1 N–H and O–H groups in total.